The molecule has 0 aliphatic rings. The van der Waals surface area contributed by atoms with Gasteiger partial charge in [0.05, 0.1) is 6.42 Å². The summed E-state index contributed by atoms with van der Waals surface area (Å²) in [5.41, 5.74) is 0.992. The highest BCUT2D eigenvalue weighted by molar-refractivity contribution is 5.69. The van der Waals surface area contributed by atoms with Gasteiger partial charge in [0.2, 0.25) is 0 Å². The van der Waals surface area contributed by atoms with Gasteiger partial charge < -0.3 is 9.67 Å². The van der Waals surface area contributed by atoms with Crippen molar-refractivity contribution in [2.24, 2.45) is 0 Å². The number of aryl methyl sites for hydroxylation is 1. The van der Waals surface area contributed by atoms with Crippen LogP contribution in [-0.2, 0) is 17.8 Å². The highest BCUT2D eigenvalue weighted by atomic mass is 16.4. The average molecular weight is 195 g/mol. The lowest BCUT2D eigenvalue weighted by Crippen LogP contribution is -2.26. The number of pyridine rings is 1. The summed E-state index contributed by atoms with van der Waals surface area (Å²) >= 11 is 0. The smallest absolute Gasteiger partial charge is 0.308 e. The number of nitrogens with zero attached hydrogens (tertiary/aromatic N) is 1. The molecule has 0 aliphatic carbocycles. The van der Waals surface area contributed by atoms with E-state index in [4.69, 9.17) is 5.11 Å². The molecule has 1 aromatic heterocycles. The molecule has 0 amide bonds. The zero-order chi connectivity index (χ0) is 10.7. The van der Waals surface area contributed by atoms with Gasteiger partial charge in [-0.3, -0.25) is 9.59 Å². The number of carboxylic acid groups (broad SMARTS) is 1. The van der Waals surface area contributed by atoms with E-state index >= 15 is 0 Å². The van der Waals surface area contributed by atoms with Gasteiger partial charge in [-0.1, -0.05) is 6.07 Å². The van der Waals surface area contributed by atoms with Crippen LogP contribution in [0.3, 0.4) is 0 Å². The largest absolute Gasteiger partial charge is 0.481 e. The number of rotatable bonds is 3. The van der Waals surface area contributed by atoms with Crippen molar-refractivity contribution in [2.45, 2.75) is 26.8 Å². The molecule has 0 radical (unpaired) electrons. The maximum absolute atomic E-state index is 11.7. The van der Waals surface area contributed by atoms with E-state index in [0.717, 1.165) is 5.69 Å². The van der Waals surface area contributed by atoms with Crippen molar-refractivity contribution >= 4 is 5.97 Å². The van der Waals surface area contributed by atoms with Crippen molar-refractivity contribution < 1.29 is 9.90 Å². The van der Waals surface area contributed by atoms with Crippen LogP contribution in [0.25, 0.3) is 0 Å². The topological polar surface area (TPSA) is 59.3 Å². The molecule has 1 aromatic rings. The molecular formula is C10H13NO3. The summed E-state index contributed by atoms with van der Waals surface area (Å²) in [5, 5.41) is 8.58. The van der Waals surface area contributed by atoms with Crippen LogP contribution in [0.15, 0.2) is 16.9 Å². The highest BCUT2D eigenvalue weighted by Crippen LogP contribution is 1.99. The zero-order valence-corrected chi connectivity index (χ0v) is 8.28. The minimum Gasteiger partial charge on any atom is -0.481 e. The average Bonchev–Trinajstić information content (AvgIpc) is 2.10. The Hall–Kier alpha value is -1.58. The van der Waals surface area contributed by atoms with Gasteiger partial charge in [-0.05, 0) is 19.9 Å². The summed E-state index contributed by atoms with van der Waals surface area (Å²) < 4.78 is 1.57. The normalized spacial score (nSPS) is 10.1. The number of hydrogen-bond donors (Lipinski definition) is 1. The second-order valence-electron chi connectivity index (χ2n) is 3.12. The summed E-state index contributed by atoms with van der Waals surface area (Å²) in [6.45, 7) is 4.26. The van der Waals surface area contributed by atoms with Gasteiger partial charge in [0.15, 0.2) is 0 Å². The first-order chi connectivity index (χ1) is 6.56. The fraction of sp³-hybridized carbons (Fsp3) is 0.400. The predicted octanol–water partition coefficient (Wildman–Crippen LogP) is 0.804. The van der Waals surface area contributed by atoms with Crippen LogP contribution in [0.4, 0.5) is 0 Å². The van der Waals surface area contributed by atoms with Crippen molar-refractivity contribution in [3.63, 3.8) is 0 Å². The van der Waals surface area contributed by atoms with Crippen molar-refractivity contribution in [2.75, 3.05) is 0 Å². The minimum absolute atomic E-state index is 0.199. The third-order valence-electron chi connectivity index (χ3n) is 2.13. The standard InChI is InChI=1S/C10H13NO3/c1-3-11-7(2)4-5-8(10(11)14)6-9(12)13/h4-5H,3,6H2,1-2H3,(H,12,13). The first-order valence-electron chi connectivity index (χ1n) is 4.47. The van der Waals surface area contributed by atoms with Crippen LogP contribution in [0.1, 0.15) is 18.2 Å². The number of carboxylic acids is 1. The molecule has 0 aliphatic heterocycles. The molecule has 76 valence electrons. The van der Waals surface area contributed by atoms with E-state index in [1.165, 1.54) is 0 Å². The summed E-state index contributed by atoms with van der Waals surface area (Å²) in [7, 11) is 0. The Morgan fingerprint density at radius 1 is 1.50 bits per heavy atom. The predicted molar refractivity (Wildman–Crippen MR) is 52.5 cm³/mol. The molecule has 4 nitrogen and oxygen atoms in total. The molecule has 1 heterocycles. The molecule has 14 heavy (non-hydrogen) atoms. The number of hydrogen-bond acceptors (Lipinski definition) is 2. The highest BCUT2D eigenvalue weighted by Gasteiger charge is 2.07. The molecular weight excluding hydrogens is 182 g/mol. The zero-order valence-electron chi connectivity index (χ0n) is 8.28. The Morgan fingerprint density at radius 2 is 2.14 bits per heavy atom. The maximum atomic E-state index is 11.7. The number of aromatic nitrogens is 1. The molecule has 0 saturated heterocycles. The SMILES string of the molecule is CCn1c(C)ccc(CC(=O)O)c1=O. The van der Waals surface area contributed by atoms with Crippen LogP contribution >= 0.6 is 0 Å². The Labute approximate surface area is 81.8 Å². The van der Waals surface area contributed by atoms with E-state index in [2.05, 4.69) is 0 Å². The van der Waals surface area contributed by atoms with Crippen LogP contribution in [0.2, 0.25) is 0 Å². The van der Waals surface area contributed by atoms with Gasteiger partial charge in [-0.2, -0.15) is 0 Å². The molecule has 0 bridgehead atoms. The summed E-state index contributed by atoms with van der Waals surface area (Å²) in [6.07, 6.45) is -0.209. The quantitative estimate of drug-likeness (QED) is 0.776. The maximum Gasteiger partial charge on any atom is 0.308 e. The molecule has 1 N–H and O–H groups in total. The van der Waals surface area contributed by atoms with Crippen molar-refractivity contribution in [3.8, 4) is 0 Å². The van der Waals surface area contributed by atoms with E-state index in [1.807, 2.05) is 13.8 Å². The van der Waals surface area contributed by atoms with E-state index in [1.54, 1.807) is 16.7 Å². The fourth-order valence-corrected chi connectivity index (χ4v) is 1.41. The van der Waals surface area contributed by atoms with Crippen LogP contribution in [0, 0.1) is 6.92 Å². The van der Waals surface area contributed by atoms with E-state index in [0.29, 0.717) is 12.1 Å². The summed E-state index contributed by atoms with van der Waals surface area (Å²) in [4.78, 5) is 22.1. The van der Waals surface area contributed by atoms with Gasteiger partial charge in [0.1, 0.15) is 0 Å². The van der Waals surface area contributed by atoms with E-state index < -0.39 is 5.97 Å². The van der Waals surface area contributed by atoms with Crippen molar-refractivity contribution in [1.82, 2.24) is 4.57 Å². The van der Waals surface area contributed by atoms with Crippen LogP contribution in [0.5, 0.6) is 0 Å². The first kappa shape index (κ1) is 10.5. The van der Waals surface area contributed by atoms with E-state index in [9.17, 15) is 9.59 Å². The summed E-state index contributed by atoms with van der Waals surface area (Å²) in [5.74, 6) is -0.978. The molecule has 4 heteroatoms. The fourth-order valence-electron chi connectivity index (χ4n) is 1.41. The lowest BCUT2D eigenvalue weighted by atomic mass is 10.2. The molecule has 1 rings (SSSR count). The molecule has 0 aromatic carbocycles. The Morgan fingerprint density at radius 3 is 2.64 bits per heavy atom. The van der Waals surface area contributed by atoms with Crippen LogP contribution < -0.4 is 5.56 Å². The number of aliphatic carboxylic acids is 1. The molecule has 0 unspecified atom stereocenters. The van der Waals surface area contributed by atoms with Gasteiger partial charge in [0.25, 0.3) is 5.56 Å². The van der Waals surface area contributed by atoms with Gasteiger partial charge in [-0.25, -0.2) is 0 Å². The van der Waals surface area contributed by atoms with Gasteiger partial charge in [0, 0.05) is 17.8 Å². The third kappa shape index (κ3) is 2.02. The van der Waals surface area contributed by atoms with Crippen molar-refractivity contribution in [1.29, 1.82) is 0 Å². The molecule has 0 fully saturated rings. The minimum atomic E-state index is -0.978. The van der Waals surface area contributed by atoms with Gasteiger partial charge >= 0.3 is 5.97 Å². The molecule has 0 atom stereocenters. The lowest BCUT2D eigenvalue weighted by molar-refractivity contribution is -0.136. The Balaban J connectivity index is 3.22. The van der Waals surface area contributed by atoms with Crippen molar-refractivity contribution in [3.05, 3.63) is 33.7 Å². The second-order valence-corrected chi connectivity index (χ2v) is 3.12. The van der Waals surface area contributed by atoms with E-state index in [-0.39, 0.29) is 12.0 Å². The molecule has 0 spiro atoms. The summed E-state index contributed by atoms with van der Waals surface area (Å²) in [6, 6.07) is 3.35. The molecule has 0 saturated carbocycles. The second kappa shape index (κ2) is 4.09. The first-order valence-corrected chi connectivity index (χ1v) is 4.47. The van der Waals surface area contributed by atoms with Gasteiger partial charge in [-0.15, -0.1) is 0 Å². The Kier molecular flexibility index (Phi) is 3.06. The third-order valence-corrected chi connectivity index (χ3v) is 2.13. The lowest BCUT2D eigenvalue weighted by Gasteiger charge is -2.08. The van der Waals surface area contributed by atoms with Crippen LogP contribution in [-0.4, -0.2) is 15.6 Å². The monoisotopic (exact) mass is 195 g/mol. The number of carbonyl (C=O) groups is 1. The Bertz CT molecular complexity index is 406.